The summed E-state index contributed by atoms with van der Waals surface area (Å²) in [6.07, 6.45) is 8.93. The van der Waals surface area contributed by atoms with Gasteiger partial charge in [0.1, 0.15) is 5.54 Å². The SMILES string of the molecule is CC1CCC(C(=O)C(C)C)(n2cccc2)CC1.O=C=O.O=C=O. The predicted octanol–water partition coefficient (Wildman–Crippen LogP) is 2.45. The Morgan fingerprint density at radius 2 is 1.43 bits per heavy atom. The summed E-state index contributed by atoms with van der Waals surface area (Å²) in [6, 6.07) is 4.04. The van der Waals surface area contributed by atoms with Crippen LogP contribution in [0.4, 0.5) is 0 Å². The quantitative estimate of drug-likeness (QED) is 0.853. The summed E-state index contributed by atoms with van der Waals surface area (Å²) in [6.45, 7) is 6.33. The topological polar surface area (TPSA) is 90.3 Å². The molecule has 1 fully saturated rings. The molecule has 126 valence electrons. The standard InChI is InChI=1S/C15H23NO.2CO2/c1-12(2)14(17)15(16-10-4-5-11-16)8-6-13(3)7-9-15;2*2-1-3/h4-5,10-13H,6-9H2,1-3H3;;. The average Bonchev–Trinajstić information content (AvgIpc) is 3.04. The second-order valence-corrected chi connectivity index (χ2v) is 5.99. The van der Waals surface area contributed by atoms with Gasteiger partial charge in [-0.2, -0.15) is 19.2 Å². The number of hydrogen-bond acceptors (Lipinski definition) is 5. The van der Waals surface area contributed by atoms with E-state index in [2.05, 4.69) is 23.9 Å². The van der Waals surface area contributed by atoms with Crippen LogP contribution < -0.4 is 0 Å². The van der Waals surface area contributed by atoms with E-state index in [9.17, 15) is 4.79 Å². The minimum absolute atomic E-state index is 0.116. The molecule has 23 heavy (non-hydrogen) atoms. The van der Waals surface area contributed by atoms with E-state index >= 15 is 0 Å². The Morgan fingerprint density at radius 3 is 1.78 bits per heavy atom. The maximum atomic E-state index is 12.6. The molecular weight excluding hydrogens is 298 g/mol. The van der Waals surface area contributed by atoms with E-state index in [4.69, 9.17) is 19.2 Å². The Labute approximate surface area is 135 Å². The van der Waals surface area contributed by atoms with E-state index in [1.165, 1.54) is 0 Å². The van der Waals surface area contributed by atoms with E-state index in [-0.39, 0.29) is 23.8 Å². The normalized spacial score (nSPS) is 22.5. The molecule has 1 aliphatic carbocycles. The lowest BCUT2D eigenvalue weighted by Gasteiger charge is -2.40. The molecule has 1 aliphatic rings. The summed E-state index contributed by atoms with van der Waals surface area (Å²) in [5.41, 5.74) is -0.260. The Hall–Kier alpha value is -2.29. The molecule has 0 spiro atoms. The van der Waals surface area contributed by atoms with Gasteiger partial charge in [0.15, 0.2) is 5.78 Å². The molecule has 0 radical (unpaired) electrons. The lowest BCUT2D eigenvalue weighted by molar-refractivity contribution is -0.193. The molecule has 1 aromatic heterocycles. The Morgan fingerprint density at radius 1 is 1.04 bits per heavy atom. The first-order valence-electron chi connectivity index (χ1n) is 7.55. The maximum absolute atomic E-state index is 12.6. The molecule has 0 unspecified atom stereocenters. The van der Waals surface area contributed by atoms with Crippen LogP contribution in [0.3, 0.4) is 0 Å². The molecule has 0 aliphatic heterocycles. The molecular formula is C17H23NO5. The van der Waals surface area contributed by atoms with Gasteiger partial charge in [0.05, 0.1) is 0 Å². The van der Waals surface area contributed by atoms with Gasteiger partial charge in [0.25, 0.3) is 0 Å². The van der Waals surface area contributed by atoms with E-state index in [1.54, 1.807) is 0 Å². The van der Waals surface area contributed by atoms with E-state index in [0.29, 0.717) is 5.78 Å². The van der Waals surface area contributed by atoms with Crippen LogP contribution in [0.15, 0.2) is 24.5 Å². The zero-order valence-electron chi connectivity index (χ0n) is 13.8. The van der Waals surface area contributed by atoms with Gasteiger partial charge in [0, 0.05) is 18.3 Å². The number of Topliss-reactive ketones (excluding diaryl/α,β-unsaturated/α-hetero) is 1. The van der Waals surface area contributed by atoms with Crippen molar-refractivity contribution in [1.82, 2.24) is 4.57 Å². The van der Waals surface area contributed by atoms with Crippen molar-refractivity contribution in [2.45, 2.75) is 52.0 Å². The fourth-order valence-electron chi connectivity index (χ4n) is 3.03. The third-order valence-corrected chi connectivity index (χ3v) is 4.18. The van der Waals surface area contributed by atoms with Crippen molar-refractivity contribution in [3.63, 3.8) is 0 Å². The molecule has 6 heteroatoms. The van der Waals surface area contributed by atoms with Gasteiger partial charge in [-0.1, -0.05) is 20.8 Å². The zero-order valence-corrected chi connectivity index (χ0v) is 13.8. The first kappa shape index (κ1) is 20.7. The second kappa shape index (κ2) is 10.4. The van der Waals surface area contributed by atoms with E-state index < -0.39 is 0 Å². The Bertz CT molecular complexity index is 515. The van der Waals surface area contributed by atoms with Gasteiger partial charge in [-0.25, -0.2) is 0 Å². The molecule has 0 aromatic carbocycles. The van der Waals surface area contributed by atoms with Crippen LogP contribution in [0.5, 0.6) is 0 Å². The Balaban J connectivity index is 0.000000704. The third kappa shape index (κ3) is 5.78. The van der Waals surface area contributed by atoms with Crippen molar-refractivity contribution >= 4 is 18.1 Å². The van der Waals surface area contributed by atoms with Crippen LogP contribution in [-0.2, 0) is 29.5 Å². The summed E-state index contributed by atoms with van der Waals surface area (Å²) in [5.74, 6) is 1.28. The fourth-order valence-corrected chi connectivity index (χ4v) is 3.03. The number of carbonyl (C=O) groups is 1. The first-order chi connectivity index (χ1) is 10.9. The summed E-state index contributed by atoms with van der Waals surface area (Å²) >= 11 is 0. The van der Waals surface area contributed by atoms with Crippen LogP contribution >= 0.6 is 0 Å². The van der Waals surface area contributed by atoms with Crippen molar-refractivity contribution in [1.29, 1.82) is 0 Å². The highest BCUT2D eigenvalue weighted by molar-refractivity contribution is 5.88. The summed E-state index contributed by atoms with van der Waals surface area (Å²) in [4.78, 5) is 45.1. The number of rotatable bonds is 3. The highest BCUT2D eigenvalue weighted by Crippen LogP contribution is 2.39. The van der Waals surface area contributed by atoms with Crippen LogP contribution in [-0.4, -0.2) is 22.7 Å². The average molecular weight is 321 g/mol. The highest BCUT2D eigenvalue weighted by Gasteiger charge is 2.42. The van der Waals surface area contributed by atoms with Gasteiger partial charge in [-0.15, -0.1) is 0 Å². The molecule has 1 heterocycles. The number of ketones is 1. The monoisotopic (exact) mass is 321 g/mol. The minimum Gasteiger partial charge on any atom is -0.341 e. The smallest absolute Gasteiger partial charge is 0.341 e. The second-order valence-electron chi connectivity index (χ2n) is 5.99. The number of hydrogen-bond donors (Lipinski definition) is 0. The summed E-state index contributed by atoms with van der Waals surface area (Å²) in [7, 11) is 0. The van der Waals surface area contributed by atoms with Gasteiger partial charge in [-0.05, 0) is 43.7 Å². The molecule has 0 atom stereocenters. The largest absolute Gasteiger partial charge is 0.373 e. The zero-order chi connectivity index (χ0) is 17.9. The van der Waals surface area contributed by atoms with Crippen molar-refractivity contribution in [3.05, 3.63) is 24.5 Å². The highest BCUT2D eigenvalue weighted by atomic mass is 16.2. The van der Waals surface area contributed by atoms with Gasteiger partial charge >= 0.3 is 12.3 Å². The lowest BCUT2D eigenvalue weighted by atomic mass is 9.72. The lowest BCUT2D eigenvalue weighted by Crippen LogP contribution is -2.46. The van der Waals surface area contributed by atoms with E-state index in [0.717, 1.165) is 31.6 Å². The van der Waals surface area contributed by atoms with Gasteiger partial charge in [0.2, 0.25) is 0 Å². The summed E-state index contributed by atoms with van der Waals surface area (Å²) < 4.78 is 2.15. The van der Waals surface area contributed by atoms with Crippen molar-refractivity contribution in [3.8, 4) is 0 Å². The van der Waals surface area contributed by atoms with Crippen LogP contribution in [0.25, 0.3) is 0 Å². The van der Waals surface area contributed by atoms with Crippen LogP contribution in [0, 0.1) is 11.8 Å². The molecule has 0 saturated heterocycles. The van der Waals surface area contributed by atoms with Crippen LogP contribution in [0.1, 0.15) is 46.5 Å². The Kier molecular flexibility index (Phi) is 9.40. The van der Waals surface area contributed by atoms with Crippen molar-refractivity contribution in [2.24, 2.45) is 11.8 Å². The number of carbonyl (C=O) groups excluding carboxylic acids is 5. The molecule has 1 aromatic rings. The molecule has 2 rings (SSSR count). The first-order valence-corrected chi connectivity index (χ1v) is 7.55. The number of aromatic nitrogens is 1. The fraction of sp³-hybridized carbons (Fsp3) is 0.588. The molecule has 0 bridgehead atoms. The van der Waals surface area contributed by atoms with Crippen molar-refractivity contribution in [2.75, 3.05) is 0 Å². The molecule has 6 nitrogen and oxygen atoms in total. The van der Waals surface area contributed by atoms with Gasteiger partial charge < -0.3 is 4.57 Å². The van der Waals surface area contributed by atoms with E-state index in [1.807, 2.05) is 26.0 Å². The molecule has 1 saturated carbocycles. The summed E-state index contributed by atoms with van der Waals surface area (Å²) in [5, 5.41) is 0. The maximum Gasteiger partial charge on any atom is 0.373 e. The van der Waals surface area contributed by atoms with Crippen LogP contribution in [0.2, 0.25) is 0 Å². The van der Waals surface area contributed by atoms with Crippen molar-refractivity contribution < 1.29 is 24.0 Å². The molecule has 0 N–H and O–H groups in total. The molecule has 0 amide bonds. The number of nitrogens with zero attached hydrogens (tertiary/aromatic N) is 1. The predicted molar refractivity (Wildman–Crippen MR) is 79.9 cm³/mol. The third-order valence-electron chi connectivity index (χ3n) is 4.18. The van der Waals surface area contributed by atoms with Gasteiger partial charge in [-0.3, -0.25) is 4.79 Å². The minimum atomic E-state index is -0.260.